The zero-order chi connectivity index (χ0) is 17.0. The summed E-state index contributed by atoms with van der Waals surface area (Å²) in [6.45, 7) is 9.87. The summed E-state index contributed by atoms with van der Waals surface area (Å²) in [5, 5.41) is 6.64. The molecule has 1 atom stereocenters. The maximum atomic E-state index is 12.4. The van der Waals surface area contributed by atoms with Crippen molar-refractivity contribution in [3.8, 4) is 0 Å². The Morgan fingerprint density at radius 1 is 1.39 bits per heavy atom. The Kier molecular flexibility index (Phi) is 5.55. The lowest BCUT2D eigenvalue weighted by molar-refractivity contribution is -0.138. The highest BCUT2D eigenvalue weighted by atomic mass is 32.1. The number of hydrogen-bond donors (Lipinski definition) is 2. The van der Waals surface area contributed by atoms with Crippen molar-refractivity contribution in [1.29, 1.82) is 0 Å². The first-order valence-electron chi connectivity index (χ1n) is 7.60. The molecule has 0 aromatic heterocycles. The summed E-state index contributed by atoms with van der Waals surface area (Å²) < 4.78 is 5.21. The molecule has 0 bridgehead atoms. The molecule has 2 N–H and O–H groups in total. The van der Waals surface area contributed by atoms with Gasteiger partial charge in [0.2, 0.25) is 0 Å². The van der Waals surface area contributed by atoms with Crippen molar-refractivity contribution >= 4 is 23.3 Å². The molecule has 1 aromatic rings. The molecule has 0 spiro atoms. The topological polar surface area (TPSA) is 50.4 Å². The summed E-state index contributed by atoms with van der Waals surface area (Å²) in [5.41, 5.74) is 3.48. The van der Waals surface area contributed by atoms with Crippen LogP contribution in [0.2, 0.25) is 0 Å². The Morgan fingerprint density at radius 2 is 2.04 bits per heavy atom. The van der Waals surface area contributed by atoms with Gasteiger partial charge in [0.1, 0.15) is 6.61 Å². The minimum absolute atomic E-state index is 0.180. The van der Waals surface area contributed by atoms with Gasteiger partial charge in [0.25, 0.3) is 0 Å². The van der Waals surface area contributed by atoms with Gasteiger partial charge >= 0.3 is 5.97 Å². The van der Waals surface area contributed by atoms with Gasteiger partial charge < -0.3 is 15.4 Å². The number of allylic oxidation sites excluding steroid dienone is 1. The molecule has 4 nitrogen and oxygen atoms in total. The SMILES string of the molecule is C=CCOC(=O)C1=C(C)NC(=S)N[C@@H]1c1ccc(C(C)C)cc1. The standard InChI is InChI=1S/C18H22N2O2S/c1-5-10-22-17(21)15-12(4)19-18(23)20-16(15)14-8-6-13(7-9-14)11(2)3/h5-9,11,16H,1,10H2,2-4H3,(H2,19,20,23)/t16-/m1/s1. The lowest BCUT2D eigenvalue weighted by Crippen LogP contribution is -2.45. The summed E-state index contributed by atoms with van der Waals surface area (Å²) in [4.78, 5) is 12.4. The third-order valence-corrected chi connectivity index (χ3v) is 3.98. The van der Waals surface area contributed by atoms with Crippen LogP contribution in [0.3, 0.4) is 0 Å². The normalized spacial score (nSPS) is 17.6. The highest BCUT2D eigenvalue weighted by Gasteiger charge is 2.30. The van der Waals surface area contributed by atoms with E-state index in [4.69, 9.17) is 17.0 Å². The summed E-state index contributed by atoms with van der Waals surface area (Å²) in [6, 6.07) is 7.88. The lowest BCUT2D eigenvalue weighted by Gasteiger charge is -2.30. The number of esters is 1. The van der Waals surface area contributed by atoms with E-state index in [2.05, 4.69) is 43.2 Å². The average Bonchev–Trinajstić information content (AvgIpc) is 2.52. The third kappa shape index (κ3) is 3.99. The van der Waals surface area contributed by atoms with Crippen LogP contribution in [0, 0.1) is 0 Å². The van der Waals surface area contributed by atoms with Crippen LogP contribution in [0.5, 0.6) is 0 Å². The van der Waals surface area contributed by atoms with Crippen molar-refractivity contribution in [1.82, 2.24) is 10.6 Å². The van der Waals surface area contributed by atoms with Gasteiger partial charge in [-0.1, -0.05) is 50.8 Å². The first-order chi connectivity index (χ1) is 10.9. The fraction of sp³-hybridized carbons (Fsp3) is 0.333. The van der Waals surface area contributed by atoms with E-state index in [0.29, 0.717) is 22.3 Å². The number of carbonyl (C=O) groups excluding carboxylic acids is 1. The smallest absolute Gasteiger partial charge is 0.338 e. The van der Waals surface area contributed by atoms with Crippen LogP contribution in [0.25, 0.3) is 0 Å². The van der Waals surface area contributed by atoms with E-state index in [0.717, 1.165) is 5.56 Å². The maximum absolute atomic E-state index is 12.4. The van der Waals surface area contributed by atoms with E-state index in [9.17, 15) is 4.79 Å². The van der Waals surface area contributed by atoms with Crippen molar-refractivity contribution in [2.24, 2.45) is 0 Å². The quantitative estimate of drug-likeness (QED) is 0.493. The van der Waals surface area contributed by atoms with Crippen molar-refractivity contribution in [3.05, 3.63) is 59.3 Å². The Bertz CT molecular complexity index is 647. The Labute approximate surface area is 142 Å². The summed E-state index contributed by atoms with van der Waals surface area (Å²) in [5.74, 6) is 0.0863. The molecular formula is C18H22N2O2S. The predicted molar refractivity (Wildman–Crippen MR) is 96.0 cm³/mol. The van der Waals surface area contributed by atoms with Gasteiger partial charge in [-0.25, -0.2) is 4.79 Å². The zero-order valence-electron chi connectivity index (χ0n) is 13.7. The van der Waals surface area contributed by atoms with Gasteiger partial charge in [-0.05, 0) is 36.2 Å². The van der Waals surface area contributed by atoms with Gasteiger partial charge in [-0.2, -0.15) is 0 Å². The monoisotopic (exact) mass is 330 g/mol. The molecule has 0 saturated heterocycles. The molecule has 0 saturated carbocycles. The molecule has 2 rings (SSSR count). The fourth-order valence-corrected chi connectivity index (χ4v) is 2.77. The number of ether oxygens (including phenoxy) is 1. The van der Waals surface area contributed by atoms with E-state index in [1.54, 1.807) is 6.08 Å². The molecule has 0 aliphatic carbocycles. The van der Waals surface area contributed by atoms with Crippen molar-refractivity contribution < 1.29 is 9.53 Å². The number of hydrogen-bond acceptors (Lipinski definition) is 3. The Hall–Kier alpha value is -2.14. The average molecular weight is 330 g/mol. The van der Waals surface area contributed by atoms with E-state index < -0.39 is 0 Å². The summed E-state index contributed by atoms with van der Waals surface area (Å²) in [6.07, 6.45) is 1.55. The van der Waals surface area contributed by atoms with Crippen molar-refractivity contribution in [2.75, 3.05) is 6.61 Å². The first-order valence-corrected chi connectivity index (χ1v) is 8.01. The van der Waals surface area contributed by atoms with Crippen LogP contribution in [0.1, 0.15) is 43.9 Å². The van der Waals surface area contributed by atoms with Gasteiger partial charge in [0.05, 0.1) is 11.6 Å². The number of rotatable bonds is 5. The van der Waals surface area contributed by atoms with Crippen LogP contribution in [-0.4, -0.2) is 17.7 Å². The molecule has 23 heavy (non-hydrogen) atoms. The zero-order valence-corrected chi connectivity index (χ0v) is 14.5. The number of nitrogens with one attached hydrogen (secondary N) is 2. The molecule has 0 fully saturated rings. The highest BCUT2D eigenvalue weighted by Crippen LogP contribution is 2.28. The Morgan fingerprint density at radius 3 is 2.61 bits per heavy atom. The first kappa shape index (κ1) is 17.2. The molecule has 5 heteroatoms. The van der Waals surface area contributed by atoms with Crippen LogP contribution in [-0.2, 0) is 9.53 Å². The number of carbonyl (C=O) groups is 1. The van der Waals surface area contributed by atoms with E-state index in [-0.39, 0.29) is 18.6 Å². The maximum Gasteiger partial charge on any atom is 0.338 e. The molecule has 0 radical (unpaired) electrons. The third-order valence-electron chi connectivity index (χ3n) is 3.76. The minimum Gasteiger partial charge on any atom is -0.458 e. The second-order valence-corrected chi connectivity index (χ2v) is 6.19. The predicted octanol–water partition coefficient (Wildman–Crippen LogP) is 3.33. The largest absolute Gasteiger partial charge is 0.458 e. The van der Waals surface area contributed by atoms with Gasteiger partial charge in [-0.15, -0.1) is 0 Å². The van der Waals surface area contributed by atoms with Gasteiger partial charge in [0.15, 0.2) is 5.11 Å². The molecule has 122 valence electrons. The van der Waals surface area contributed by atoms with Crippen molar-refractivity contribution in [2.45, 2.75) is 32.7 Å². The molecule has 1 aliphatic rings. The molecule has 1 aromatic carbocycles. The Balaban J connectivity index is 2.36. The summed E-state index contributed by atoms with van der Waals surface area (Å²) in [7, 11) is 0. The molecule has 1 aliphatic heterocycles. The minimum atomic E-state index is -0.372. The molecule has 1 heterocycles. The van der Waals surface area contributed by atoms with Crippen LogP contribution >= 0.6 is 12.2 Å². The summed E-state index contributed by atoms with van der Waals surface area (Å²) >= 11 is 5.23. The number of thiocarbonyl (C=S) groups is 1. The second-order valence-electron chi connectivity index (χ2n) is 5.78. The van der Waals surface area contributed by atoms with Gasteiger partial charge in [0, 0.05) is 5.70 Å². The lowest BCUT2D eigenvalue weighted by atomic mass is 9.93. The van der Waals surface area contributed by atoms with Crippen molar-refractivity contribution in [3.63, 3.8) is 0 Å². The van der Waals surface area contributed by atoms with Crippen LogP contribution in [0.4, 0.5) is 0 Å². The molecular weight excluding hydrogens is 308 g/mol. The van der Waals surface area contributed by atoms with Gasteiger partial charge in [-0.3, -0.25) is 0 Å². The van der Waals surface area contributed by atoms with E-state index >= 15 is 0 Å². The highest BCUT2D eigenvalue weighted by molar-refractivity contribution is 7.80. The fourth-order valence-electron chi connectivity index (χ4n) is 2.50. The second kappa shape index (κ2) is 7.42. The van der Waals surface area contributed by atoms with Crippen LogP contribution < -0.4 is 10.6 Å². The molecule has 0 amide bonds. The van der Waals surface area contributed by atoms with E-state index in [1.807, 2.05) is 19.1 Å². The van der Waals surface area contributed by atoms with E-state index in [1.165, 1.54) is 5.56 Å². The number of benzene rings is 1. The van der Waals surface area contributed by atoms with Crippen LogP contribution in [0.15, 0.2) is 48.2 Å². The molecule has 0 unspecified atom stereocenters.